The highest BCUT2D eigenvalue weighted by Crippen LogP contribution is 2.32. The van der Waals surface area contributed by atoms with E-state index >= 15 is 0 Å². The molecule has 1 aromatic rings. The van der Waals surface area contributed by atoms with Crippen LogP contribution < -0.4 is 10.1 Å². The molecule has 114 valence electrons. The highest BCUT2D eigenvalue weighted by atomic mass is 35.5. The van der Waals surface area contributed by atoms with Crippen molar-refractivity contribution in [2.24, 2.45) is 11.3 Å². The normalized spacial score (nSPS) is 14.3. The first-order valence-electron chi connectivity index (χ1n) is 7.43. The van der Waals surface area contributed by atoms with Crippen LogP contribution in [0.1, 0.15) is 39.7 Å². The summed E-state index contributed by atoms with van der Waals surface area (Å²) in [6.07, 6.45) is 2.09. The Labute approximate surface area is 128 Å². The van der Waals surface area contributed by atoms with E-state index in [1.54, 1.807) is 7.11 Å². The zero-order chi connectivity index (χ0) is 15.2. The molecular formula is C17H28ClNO. The molecule has 3 heteroatoms. The monoisotopic (exact) mass is 297 g/mol. The molecule has 0 aliphatic rings. The second kappa shape index (κ2) is 7.90. The van der Waals surface area contributed by atoms with Crippen molar-refractivity contribution in [3.63, 3.8) is 0 Å². The van der Waals surface area contributed by atoms with Gasteiger partial charge >= 0.3 is 0 Å². The van der Waals surface area contributed by atoms with Gasteiger partial charge in [0.2, 0.25) is 0 Å². The van der Waals surface area contributed by atoms with E-state index in [-0.39, 0.29) is 5.41 Å². The first-order chi connectivity index (χ1) is 9.40. The summed E-state index contributed by atoms with van der Waals surface area (Å²) < 4.78 is 5.45. The number of halogens is 1. The van der Waals surface area contributed by atoms with Crippen LogP contribution in [0.2, 0.25) is 5.02 Å². The molecule has 0 aliphatic heterocycles. The molecule has 1 atom stereocenters. The summed E-state index contributed by atoms with van der Waals surface area (Å²) in [5.41, 5.74) is 1.41. The summed E-state index contributed by atoms with van der Waals surface area (Å²) >= 11 is 6.12. The summed E-state index contributed by atoms with van der Waals surface area (Å²) in [6, 6.07) is 5.86. The fraction of sp³-hybridized carbons (Fsp3) is 0.647. The second-order valence-corrected chi connectivity index (χ2v) is 6.76. The second-order valence-electron chi connectivity index (χ2n) is 6.32. The molecule has 1 N–H and O–H groups in total. The summed E-state index contributed by atoms with van der Waals surface area (Å²) in [4.78, 5) is 0. The van der Waals surface area contributed by atoms with Gasteiger partial charge in [0.25, 0.3) is 0 Å². The number of methoxy groups -OCH3 is 1. The van der Waals surface area contributed by atoms with Gasteiger partial charge in [-0.2, -0.15) is 0 Å². The van der Waals surface area contributed by atoms with E-state index in [0.29, 0.717) is 5.92 Å². The molecule has 20 heavy (non-hydrogen) atoms. The van der Waals surface area contributed by atoms with Crippen molar-refractivity contribution in [2.75, 3.05) is 20.2 Å². The van der Waals surface area contributed by atoms with E-state index in [0.717, 1.165) is 36.7 Å². The zero-order valence-electron chi connectivity index (χ0n) is 13.4. The molecule has 0 saturated carbocycles. The van der Waals surface area contributed by atoms with E-state index in [9.17, 15) is 0 Å². The number of nitrogens with one attached hydrogen (secondary N) is 1. The quantitative estimate of drug-likeness (QED) is 0.760. The van der Waals surface area contributed by atoms with Gasteiger partial charge in [0.15, 0.2) is 0 Å². The van der Waals surface area contributed by atoms with Crippen LogP contribution in [0.5, 0.6) is 5.75 Å². The van der Waals surface area contributed by atoms with Crippen molar-refractivity contribution < 1.29 is 4.74 Å². The van der Waals surface area contributed by atoms with Crippen molar-refractivity contribution in [2.45, 2.75) is 40.5 Å². The Morgan fingerprint density at radius 3 is 2.60 bits per heavy atom. The van der Waals surface area contributed by atoms with Gasteiger partial charge in [0.1, 0.15) is 5.75 Å². The lowest BCUT2D eigenvalue weighted by molar-refractivity contribution is 0.280. The maximum Gasteiger partial charge on any atom is 0.122 e. The molecule has 1 aromatic carbocycles. The molecule has 0 spiro atoms. The molecule has 0 aliphatic carbocycles. The summed E-state index contributed by atoms with van der Waals surface area (Å²) in [7, 11) is 1.72. The predicted octanol–water partition coefficient (Wildman–Crippen LogP) is 4.55. The van der Waals surface area contributed by atoms with Gasteiger partial charge in [0.05, 0.1) is 7.11 Å². The van der Waals surface area contributed by atoms with Crippen LogP contribution in [-0.4, -0.2) is 20.2 Å². The molecular weight excluding hydrogens is 270 g/mol. The molecule has 0 amide bonds. The van der Waals surface area contributed by atoms with Crippen molar-refractivity contribution in [1.29, 1.82) is 0 Å². The Hall–Kier alpha value is -0.730. The molecule has 0 saturated heterocycles. The van der Waals surface area contributed by atoms with E-state index in [2.05, 4.69) is 33.0 Å². The highest BCUT2D eigenvalue weighted by Gasteiger charge is 2.24. The fourth-order valence-corrected chi connectivity index (χ4v) is 2.51. The maximum atomic E-state index is 6.12. The third-order valence-corrected chi connectivity index (χ3v) is 4.05. The van der Waals surface area contributed by atoms with Gasteiger partial charge in [-0.25, -0.2) is 0 Å². The Morgan fingerprint density at radius 2 is 2.05 bits per heavy atom. The van der Waals surface area contributed by atoms with Gasteiger partial charge < -0.3 is 10.1 Å². The lowest BCUT2D eigenvalue weighted by Crippen LogP contribution is -2.35. The van der Waals surface area contributed by atoms with E-state index in [1.165, 1.54) is 5.56 Å². The third kappa shape index (κ3) is 5.34. The minimum Gasteiger partial charge on any atom is -0.496 e. The van der Waals surface area contributed by atoms with E-state index < -0.39 is 0 Å². The molecule has 0 bridgehead atoms. The van der Waals surface area contributed by atoms with Crippen molar-refractivity contribution in [1.82, 2.24) is 5.32 Å². The zero-order valence-corrected chi connectivity index (χ0v) is 14.2. The average Bonchev–Trinajstić information content (AvgIpc) is 2.38. The number of rotatable bonds is 8. The van der Waals surface area contributed by atoms with Gasteiger partial charge in [-0.05, 0) is 54.5 Å². The minimum absolute atomic E-state index is 0.215. The first-order valence-corrected chi connectivity index (χ1v) is 7.81. The number of hydrogen-bond acceptors (Lipinski definition) is 2. The van der Waals surface area contributed by atoms with Gasteiger partial charge in [0, 0.05) is 11.6 Å². The lowest BCUT2D eigenvalue weighted by atomic mass is 9.80. The van der Waals surface area contributed by atoms with Crippen LogP contribution in [0.15, 0.2) is 18.2 Å². The van der Waals surface area contributed by atoms with E-state index in [1.807, 2.05) is 18.2 Å². The Balaban J connectivity index is 2.78. The van der Waals surface area contributed by atoms with Crippen LogP contribution in [0, 0.1) is 11.3 Å². The SMILES string of the molecule is CCC(C)(CNCC(C)C)Cc1cc(Cl)ccc1OC. The molecule has 1 rings (SSSR count). The maximum absolute atomic E-state index is 6.12. The standard InChI is InChI=1S/C17H28ClNO/c1-6-17(4,12-19-11-13(2)3)10-14-9-15(18)7-8-16(14)20-5/h7-9,13,19H,6,10-12H2,1-5H3. The van der Waals surface area contributed by atoms with Crippen LogP contribution in [0.3, 0.4) is 0 Å². The minimum atomic E-state index is 0.215. The smallest absolute Gasteiger partial charge is 0.122 e. The van der Waals surface area contributed by atoms with Gasteiger partial charge in [-0.15, -0.1) is 0 Å². The van der Waals surface area contributed by atoms with Crippen LogP contribution in [0.25, 0.3) is 0 Å². The largest absolute Gasteiger partial charge is 0.496 e. The van der Waals surface area contributed by atoms with Crippen LogP contribution in [-0.2, 0) is 6.42 Å². The molecule has 0 aromatic heterocycles. The number of ether oxygens (including phenoxy) is 1. The average molecular weight is 298 g/mol. The third-order valence-electron chi connectivity index (χ3n) is 3.82. The summed E-state index contributed by atoms with van der Waals surface area (Å²) in [5.74, 6) is 1.61. The predicted molar refractivity (Wildman–Crippen MR) is 87.8 cm³/mol. The fourth-order valence-electron chi connectivity index (χ4n) is 2.32. The Morgan fingerprint density at radius 1 is 1.35 bits per heavy atom. The van der Waals surface area contributed by atoms with Crippen molar-refractivity contribution in [3.05, 3.63) is 28.8 Å². The molecule has 0 radical (unpaired) electrons. The highest BCUT2D eigenvalue weighted by molar-refractivity contribution is 6.30. The molecule has 1 unspecified atom stereocenters. The van der Waals surface area contributed by atoms with Crippen molar-refractivity contribution in [3.8, 4) is 5.75 Å². The Bertz CT molecular complexity index is 419. The summed E-state index contributed by atoms with van der Waals surface area (Å²) in [5, 5.41) is 4.35. The Kier molecular flexibility index (Phi) is 6.84. The van der Waals surface area contributed by atoms with Gasteiger partial charge in [-0.3, -0.25) is 0 Å². The number of hydrogen-bond donors (Lipinski definition) is 1. The van der Waals surface area contributed by atoms with Crippen molar-refractivity contribution >= 4 is 11.6 Å². The topological polar surface area (TPSA) is 21.3 Å². The van der Waals surface area contributed by atoms with E-state index in [4.69, 9.17) is 16.3 Å². The number of benzene rings is 1. The molecule has 0 heterocycles. The molecule has 2 nitrogen and oxygen atoms in total. The first kappa shape index (κ1) is 17.3. The van der Waals surface area contributed by atoms with Crippen LogP contribution >= 0.6 is 11.6 Å². The lowest BCUT2D eigenvalue weighted by Gasteiger charge is -2.30. The summed E-state index contributed by atoms with van der Waals surface area (Å²) in [6.45, 7) is 11.1. The van der Waals surface area contributed by atoms with Crippen LogP contribution in [0.4, 0.5) is 0 Å². The molecule has 0 fully saturated rings. The van der Waals surface area contributed by atoms with Gasteiger partial charge in [-0.1, -0.05) is 39.3 Å².